The fourth-order valence-corrected chi connectivity index (χ4v) is 1.80. The first kappa shape index (κ1) is 16.2. The van der Waals surface area contributed by atoms with Crippen LogP contribution in [-0.2, 0) is 0 Å². The molecule has 0 aliphatic rings. The van der Waals surface area contributed by atoms with E-state index in [1.165, 1.54) is 7.11 Å². The van der Waals surface area contributed by atoms with Crippen LogP contribution in [0.4, 0.5) is 29.0 Å². The van der Waals surface area contributed by atoms with E-state index < -0.39 is 10.6 Å². The third-order valence-corrected chi connectivity index (χ3v) is 2.84. The van der Waals surface area contributed by atoms with Crippen molar-refractivity contribution in [1.82, 2.24) is 9.97 Å². The number of nitrogens with one attached hydrogen (secondary N) is 2. The zero-order valence-electron chi connectivity index (χ0n) is 12.3. The van der Waals surface area contributed by atoms with Gasteiger partial charge in [-0.1, -0.05) is 0 Å². The number of anilines is 4. The third-order valence-electron chi connectivity index (χ3n) is 2.84. The topological polar surface area (TPSA) is 148 Å². The molecule has 0 fully saturated rings. The molecule has 2 rings (SSSR count). The fourth-order valence-electron chi connectivity index (χ4n) is 1.80. The number of nitrogens with zero attached hydrogens (tertiary/aromatic N) is 3. The minimum Gasteiger partial charge on any atom is -0.497 e. The molecule has 1 aromatic carbocycles. The van der Waals surface area contributed by atoms with E-state index in [4.69, 9.17) is 15.6 Å². The van der Waals surface area contributed by atoms with E-state index in [0.29, 0.717) is 11.4 Å². The number of nitro groups is 1. The Kier molecular flexibility index (Phi) is 5.10. The number of ether oxygens (including phenoxy) is 1. The predicted octanol–water partition coefficient (Wildman–Crippen LogP) is 1.12. The van der Waals surface area contributed by atoms with E-state index in [-0.39, 0.29) is 30.7 Å². The zero-order chi connectivity index (χ0) is 16.8. The van der Waals surface area contributed by atoms with Gasteiger partial charge in [-0.05, 0) is 24.3 Å². The number of nitrogen functional groups attached to an aromatic ring is 1. The van der Waals surface area contributed by atoms with Gasteiger partial charge in [0.15, 0.2) is 0 Å². The van der Waals surface area contributed by atoms with Gasteiger partial charge in [-0.2, -0.15) is 9.97 Å². The van der Waals surface area contributed by atoms with Crippen molar-refractivity contribution in [2.75, 3.05) is 36.6 Å². The first-order chi connectivity index (χ1) is 11.0. The van der Waals surface area contributed by atoms with E-state index in [1.54, 1.807) is 24.3 Å². The standard InChI is InChI=1S/C13H16N6O4/c1-23-9-4-2-8(3-5-9)16-12-10(19(21)22)11(14)17-13(18-12)15-6-7-20/h2-5,20H,6-7H2,1H3,(H4,14,15,16,17,18). The molecule has 0 radical (unpaired) electrons. The fraction of sp³-hybridized carbons (Fsp3) is 0.231. The van der Waals surface area contributed by atoms with Crippen LogP contribution in [0.15, 0.2) is 24.3 Å². The zero-order valence-corrected chi connectivity index (χ0v) is 12.3. The molecule has 10 nitrogen and oxygen atoms in total. The highest BCUT2D eigenvalue weighted by Gasteiger charge is 2.23. The monoisotopic (exact) mass is 320 g/mol. The van der Waals surface area contributed by atoms with Crippen LogP contribution in [-0.4, -0.2) is 40.3 Å². The second-order valence-corrected chi connectivity index (χ2v) is 4.39. The van der Waals surface area contributed by atoms with E-state index in [9.17, 15) is 10.1 Å². The van der Waals surface area contributed by atoms with Crippen LogP contribution in [0.5, 0.6) is 5.75 Å². The summed E-state index contributed by atoms with van der Waals surface area (Å²) in [5.41, 5.74) is 5.79. The van der Waals surface area contributed by atoms with Crippen molar-refractivity contribution < 1.29 is 14.8 Å². The SMILES string of the molecule is COc1ccc(Nc2nc(NCCO)nc(N)c2[N+](=O)[O-])cc1. The van der Waals surface area contributed by atoms with Crippen molar-refractivity contribution in [2.45, 2.75) is 0 Å². The highest BCUT2D eigenvalue weighted by atomic mass is 16.6. The van der Waals surface area contributed by atoms with Crippen molar-refractivity contribution in [2.24, 2.45) is 0 Å². The number of aliphatic hydroxyl groups excluding tert-OH is 1. The highest BCUT2D eigenvalue weighted by molar-refractivity contribution is 5.74. The van der Waals surface area contributed by atoms with Crippen LogP contribution < -0.4 is 21.1 Å². The summed E-state index contributed by atoms with van der Waals surface area (Å²) in [6.07, 6.45) is 0. The average molecular weight is 320 g/mol. The summed E-state index contributed by atoms with van der Waals surface area (Å²) in [5, 5.41) is 25.5. The van der Waals surface area contributed by atoms with E-state index in [0.717, 1.165) is 0 Å². The van der Waals surface area contributed by atoms with E-state index >= 15 is 0 Å². The number of methoxy groups -OCH3 is 1. The van der Waals surface area contributed by atoms with Crippen LogP contribution in [0.3, 0.4) is 0 Å². The molecular formula is C13H16N6O4. The smallest absolute Gasteiger partial charge is 0.353 e. The maximum Gasteiger partial charge on any atom is 0.353 e. The van der Waals surface area contributed by atoms with Crippen molar-refractivity contribution in [3.05, 3.63) is 34.4 Å². The number of benzene rings is 1. The van der Waals surface area contributed by atoms with Crippen LogP contribution in [0.1, 0.15) is 0 Å². The van der Waals surface area contributed by atoms with Crippen molar-refractivity contribution in [3.8, 4) is 5.75 Å². The lowest BCUT2D eigenvalue weighted by Crippen LogP contribution is -2.12. The summed E-state index contributed by atoms with van der Waals surface area (Å²) >= 11 is 0. The van der Waals surface area contributed by atoms with Gasteiger partial charge in [-0.3, -0.25) is 10.1 Å². The van der Waals surface area contributed by atoms with Gasteiger partial charge in [0, 0.05) is 12.2 Å². The molecule has 0 spiro atoms. The van der Waals surface area contributed by atoms with Crippen LogP contribution in [0, 0.1) is 10.1 Å². The predicted molar refractivity (Wildman–Crippen MR) is 85.0 cm³/mol. The Bertz CT molecular complexity index is 692. The minimum atomic E-state index is -0.656. The quantitative estimate of drug-likeness (QED) is 0.435. The van der Waals surface area contributed by atoms with Crippen LogP contribution in [0.25, 0.3) is 0 Å². The highest BCUT2D eigenvalue weighted by Crippen LogP contribution is 2.31. The molecule has 0 amide bonds. The van der Waals surface area contributed by atoms with Gasteiger partial charge in [0.05, 0.1) is 18.6 Å². The van der Waals surface area contributed by atoms with Gasteiger partial charge in [0.2, 0.25) is 17.6 Å². The summed E-state index contributed by atoms with van der Waals surface area (Å²) < 4.78 is 5.05. The molecule has 0 atom stereocenters. The summed E-state index contributed by atoms with van der Waals surface area (Å²) in [6, 6.07) is 6.76. The molecule has 122 valence electrons. The van der Waals surface area contributed by atoms with Crippen LogP contribution >= 0.6 is 0 Å². The largest absolute Gasteiger partial charge is 0.497 e. The number of rotatable bonds is 7. The first-order valence-corrected chi connectivity index (χ1v) is 6.63. The lowest BCUT2D eigenvalue weighted by atomic mass is 10.3. The van der Waals surface area contributed by atoms with Gasteiger partial charge in [0.1, 0.15) is 5.75 Å². The molecule has 0 saturated heterocycles. The minimum absolute atomic E-state index is 0.0480. The summed E-state index contributed by atoms with van der Waals surface area (Å²) in [6.45, 7) is 0.0563. The maximum atomic E-state index is 11.2. The van der Waals surface area contributed by atoms with Crippen molar-refractivity contribution in [1.29, 1.82) is 0 Å². The average Bonchev–Trinajstić information content (AvgIpc) is 2.53. The lowest BCUT2D eigenvalue weighted by Gasteiger charge is -2.10. The number of aromatic nitrogens is 2. The van der Waals surface area contributed by atoms with Crippen LogP contribution in [0.2, 0.25) is 0 Å². The third kappa shape index (κ3) is 3.95. The number of aliphatic hydroxyl groups is 1. The summed E-state index contributed by atoms with van der Waals surface area (Å²) in [5.74, 6) is 0.408. The molecule has 1 heterocycles. The Hall–Kier alpha value is -3.14. The Morgan fingerprint density at radius 3 is 2.61 bits per heavy atom. The Labute approximate surface area is 131 Å². The normalized spacial score (nSPS) is 10.2. The second kappa shape index (κ2) is 7.22. The van der Waals surface area contributed by atoms with E-state index in [1.807, 2.05) is 0 Å². The molecule has 23 heavy (non-hydrogen) atoms. The molecule has 0 aliphatic heterocycles. The Balaban J connectivity index is 2.36. The maximum absolute atomic E-state index is 11.2. The summed E-state index contributed by atoms with van der Waals surface area (Å²) in [4.78, 5) is 18.4. The van der Waals surface area contributed by atoms with Gasteiger partial charge >= 0.3 is 5.69 Å². The number of nitrogens with two attached hydrogens (primary N) is 1. The molecule has 1 aromatic heterocycles. The van der Waals surface area contributed by atoms with Gasteiger partial charge in [0.25, 0.3) is 0 Å². The van der Waals surface area contributed by atoms with Gasteiger partial charge in [-0.15, -0.1) is 0 Å². The Morgan fingerprint density at radius 2 is 2.04 bits per heavy atom. The molecule has 0 bridgehead atoms. The summed E-state index contributed by atoms with van der Waals surface area (Å²) in [7, 11) is 1.54. The molecule has 0 aliphatic carbocycles. The number of hydrogen-bond acceptors (Lipinski definition) is 9. The first-order valence-electron chi connectivity index (χ1n) is 6.63. The molecule has 5 N–H and O–H groups in total. The Morgan fingerprint density at radius 1 is 1.35 bits per heavy atom. The van der Waals surface area contributed by atoms with Crippen molar-refractivity contribution in [3.63, 3.8) is 0 Å². The van der Waals surface area contributed by atoms with Gasteiger partial charge in [-0.25, -0.2) is 0 Å². The lowest BCUT2D eigenvalue weighted by molar-refractivity contribution is -0.383. The molecular weight excluding hydrogens is 304 g/mol. The molecule has 2 aromatic rings. The molecule has 10 heteroatoms. The molecule has 0 saturated carbocycles. The van der Waals surface area contributed by atoms with Gasteiger partial charge < -0.3 is 26.2 Å². The molecule has 0 unspecified atom stereocenters. The number of hydrogen-bond donors (Lipinski definition) is 4. The second-order valence-electron chi connectivity index (χ2n) is 4.39. The van der Waals surface area contributed by atoms with E-state index in [2.05, 4.69) is 20.6 Å². The van der Waals surface area contributed by atoms with Crippen molar-refractivity contribution >= 4 is 29.0 Å².